The third kappa shape index (κ3) is 3.32. The van der Waals surface area contributed by atoms with Crippen LogP contribution in [0.1, 0.15) is 6.92 Å². The van der Waals surface area contributed by atoms with Crippen LogP contribution in [0.25, 0.3) is 0 Å². The largest absolute Gasteiger partial charge is 0.351 e. The quantitative estimate of drug-likeness (QED) is 0.609. The van der Waals surface area contributed by atoms with E-state index in [9.17, 15) is 4.79 Å². The van der Waals surface area contributed by atoms with Gasteiger partial charge in [0.2, 0.25) is 5.91 Å². The molecule has 1 aliphatic rings. The van der Waals surface area contributed by atoms with Gasteiger partial charge in [0.05, 0.1) is 6.54 Å². The molecule has 2 N–H and O–H groups in total. The van der Waals surface area contributed by atoms with Gasteiger partial charge < -0.3 is 15.5 Å². The van der Waals surface area contributed by atoms with Crippen LogP contribution in [0.15, 0.2) is 0 Å². The van der Waals surface area contributed by atoms with Crippen LogP contribution in [0, 0.1) is 5.92 Å². The van der Waals surface area contributed by atoms with E-state index in [1.54, 1.807) is 0 Å². The van der Waals surface area contributed by atoms with E-state index in [4.69, 9.17) is 0 Å². The Balaban J connectivity index is 2.27. The minimum Gasteiger partial charge on any atom is -0.351 e. The number of nitrogens with zero attached hydrogens (tertiary/aromatic N) is 1. The van der Waals surface area contributed by atoms with Gasteiger partial charge in [-0.05, 0) is 26.6 Å². The Kier molecular flexibility index (Phi) is 3.69. The summed E-state index contributed by atoms with van der Waals surface area (Å²) in [6.45, 7) is 4.54. The van der Waals surface area contributed by atoms with E-state index in [2.05, 4.69) is 17.6 Å². The first-order valence-electron chi connectivity index (χ1n) is 4.74. The van der Waals surface area contributed by atoms with Crippen molar-refractivity contribution in [2.45, 2.75) is 13.0 Å². The lowest BCUT2D eigenvalue weighted by Gasteiger charge is -2.17. The smallest absolute Gasteiger partial charge is 0.234 e. The van der Waals surface area contributed by atoms with Gasteiger partial charge >= 0.3 is 0 Å². The molecular formula is C9H19N3O. The maximum absolute atomic E-state index is 11.4. The summed E-state index contributed by atoms with van der Waals surface area (Å²) < 4.78 is 0. The molecule has 4 heteroatoms. The van der Waals surface area contributed by atoms with Crippen molar-refractivity contribution in [3.05, 3.63) is 0 Å². The highest BCUT2D eigenvalue weighted by Gasteiger charge is 2.24. The van der Waals surface area contributed by atoms with E-state index >= 15 is 0 Å². The summed E-state index contributed by atoms with van der Waals surface area (Å²) in [6, 6.07) is 0.312. The van der Waals surface area contributed by atoms with Crippen molar-refractivity contribution in [3.63, 3.8) is 0 Å². The maximum atomic E-state index is 11.4. The topological polar surface area (TPSA) is 44.4 Å². The number of hydrogen-bond acceptors (Lipinski definition) is 3. The minimum atomic E-state index is 0.116. The third-order valence-corrected chi connectivity index (χ3v) is 2.32. The number of nitrogens with one attached hydrogen (secondary N) is 2. The Morgan fingerprint density at radius 1 is 1.54 bits per heavy atom. The molecule has 0 bridgehead atoms. The first-order valence-corrected chi connectivity index (χ1v) is 4.74. The second kappa shape index (κ2) is 4.58. The molecule has 0 radical (unpaired) electrons. The lowest BCUT2D eigenvalue weighted by molar-refractivity contribution is -0.122. The van der Waals surface area contributed by atoms with Gasteiger partial charge in [-0.2, -0.15) is 0 Å². The van der Waals surface area contributed by atoms with Gasteiger partial charge in [-0.15, -0.1) is 0 Å². The number of carbonyl (C=O) groups is 1. The van der Waals surface area contributed by atoms with E-state index in [0.717, 1.165) is 13.1 Å². The number of hydrogen-bond donors (Lipinski definition) is 2. The Labute approximate surface area is 79.7 Å². The van der Waals surface area contributed by atoms with Gasteiger partial charge in [0, 0.05) is 12.6 Å². The van der Waals surface area contributed by atoms with Crippen molar-refractivity contribution >= 4 is 5.91 Å². The third-order valence-electron chi connectivity index (χ3n) is 2.32. The monoisotopic (exact) mass is 185 g/mol. The molecule has 2 atom stereocenters. The minimum absolute atomic E-state index is 0.116. The molecule has 1 saturated heterocycles. The van der Waals surface area contributed by atoms with Crippen molar-refractivity contribution in [2.75, 3.05) is 33.7 Å². The fourth-order valence-corrected chi connectivity index (χ4v) is 1.54. The zero-order valence-corrected chi connectivity index (χ0v) is 8.63. The predicted octanol–water partition coefficient (Wildman–Crippen LogP) is -0.728. The standard InChI is InChI=1S/C9H19N3O/c1-7-4-10-5-8(7)11-9(13)6-12(2)3/h7-8,10H,4-6H2,1-3H3,(H,11,13). The lowest BCUT2D eigenvalue weighted by atomic mass is 10.1. The number of likely N-dealkylation sites (N-methyl/N-ethyl adjacent to an activating group) is 1. The van der Waals surface area contributed by atoms with Crippen LogP contribution < -0.4 is 10.6 Å². The van der Waals surface area contributed by atoms with Crippen LogP contribution in [0.2, 0.25) is 0 Å². The second-order valence-electron chi connectivity index (χ2n) is 4.05. The van der Waals surface area contributed by atoms with E-state index in [1.165, 1.54) is 0 Å². The van der Waals surface area contributed by atoms with Gasteiger partial charge in [0.15, 0.2) is 0 Å². The molecule has 1 heterocycles. The number of rotatable bonds is 3. The van der Waals surface area contributed by atoms with Gasteiger partial charge in [-0.25, -0.2) is 0 Å². The number of amides is 1. The molecule has 0 aromatic heterocycles. The molecule has 2 unspecified atom stereocenters. The van der Waals surface area contributed by atoms with Gasteiger partial charge in [-0.3, -0.25) is 4.79 Å². The Morgan fingerprint density at radius 3 is 2.69 bits per heavy atom. The second-order valence-corrected chi connectivity index (χ2v) is 4.05. The molecule has 0 saturated carbocycles. The highest BCUT2D eigenvalue weighted by molar-refractivity contribution is 5.78. The van der Waals surface area contributed by atoms with Gasteiger partial charge in [0.1, 0.15) is 0 Å². The molecule has 1 amide bonds. The van der Waals surface area contributed by atoms with Crippen LogP contribution in [0.4, 0.5) is 0 Å². The number of carbonyl (C=O) groups excluding carboxylic acids is 1. The molecule has 0 spiro atoms. The first kappa shape index (κ1) is 10.5. The van der Waals surface area contributed by atoms with Crippen molar-refractivity contribution in [2.24, 2.45) is 5.92 Å². The summed E-state index contributed by atoms with van der Waals surface area (Å²) in [7, 11) is 3.80. The average Bonchev–Trinajstić information content (AvgIpc) is 2.34. The molecule has 0 aromatic rings. The van der Waals surface area contributed by atoms with Crippen molar-refractivity contribution < 1.29 is 4.79 Å². The lowest BCUT2D eigenvalue weighted by Crippen LogP contribution is -2.43. The molecular weight excluding hydrogens is 166 g/mol. The molecule has 13 heavy (non-hydrogen) atoms. The summed E-state index contributed by atoms with van der Waals surface area (Å²) in [5, 5.41) is 6.27. The van der Waals surface area contributed by atoms with Crippen molar-refractivity contribution in [3.8, 4) is 0 Å². The fourth-order valence-electron chi connectivity index (χ4n) is 1.54. The van der Waals surface area contributed by atoms with E-state index in [-0.39, 0.29) is 5.91 Å². The van der Waals surface area contributed by atoms with E-state index < -0.39 is 0 Å². The molecule has 76 valence electrons. The maximum Gasteiger partial charge on any atom is 0.234 e. The summed E-state index contributed by atoms with van der Waals surface area (Å²) >= 11 is 0. The highest BCUT2D eigenvalue weighted by Crippen LogP contribution is 2.06. The van der Waals surface area contributed by atoms with E-state index in [1.807, 2.05) is 19.0 Å². The summed E-state index contributed by atoms with van der Waals surface area (Å²) in [4.78, 5) is 13.3. The summed E-state index contributed by atoms with van der Waals surface area (Å²) in [5.41, 5.74) is 0. The van der Waals surface area contributed by atoms with Crippen LogP contribution in [0.5, 0.6) is 0 Å². The van der Waals surface area contributed by atoms with Crippen molar-refractivity contribution in [1.29, 1.82) is 0 Å². The molecule has 1 rings (SSSR count). The molecule has 1 fully saturated rings. The zero-order chi connectivity index (χ0) is 9.84. The van der Waals surface area contributed by atoms with Crippen LogP contribution in [-0.4, -0.2) is 50.6 Å². The molecule has 1 aliphatic heterocycles. The van der Waals surface area contributed by atoms with Crippen molar-refractivity contribution in [1.82, 2.24) is 15.5 Å². The molecule has 0 aromatic carbocycles. The Bertz CT molecular complexity index is 182. The van der Waals surface area contributed by atoms with Crippen LogP contribution in [-0.2, 0) is 4.79 Å². The molecule has 4 nitrogen and oxygen atoms in total. The normalized spacial score (nSPS) is 28.0. The van der Waals surface area contributed by atoms with E-state index in [0.29, 0.717) is 18.5 Å². The highest BCUT2D eigenvalue weighted by atomic mass is 16.2. The fraction of sp³-hybridized carbons (Fsp3) is 0.889. The summed E-state index contributed by atoms with van der Waals surface area (Å²) in [6.07, 6.45) is 0. The SMILES string of the molecule is CC1CNCC1NC(=O)CN(C)C. The first-order chi connectivity index (χ1) is 6.09. The Morgan fingerprint density at radius 2 is 2.23 bits per heavy atom. The van der Waals surface area contributed by atoms with Gasteiger partial charge in [0.25, 0.3) is 0 Å². The van der Waals surface area contributed by atoms with Crippen LogP contribution in [0.3, 0.4) is 0 Å². The zero-order valence-electron chi connectivity index (χ0n) is 8.63. The average molecular weight is 185 g/mol. The predicted molar refractivity (Wildman–Crippen MR) is 52.5 cm³/mol. The molecule has 0 aliphatic carbocycles. The van der Waals surface area contributed by atoms with Gasteiger partial charge in [-0.1, -0.05) is 6.92 Å². The Hall–Kier alpha value is -0.610. The van der Waals surface area contributed by atoms with Crippen LogP contribution >= 0.6 is 0 Å². The summed E-state index contributed by atoms with van der Waals surface area (Å²) in [5.74, 6) is 0.664.